The number of H-pyrrole nitrogens is 1. The van der Waals surface area contributed by atoms with Gasteiger partial charge in [0.2, 0.25) is 0 Å². The first-order valence-electron chi connectivity index (χ1n) is 4.64. The van der Waals surface area contributed by atoms with Gasteiger partial charge in [0, 0.05) is 18.5 Å². The van der Waals surface area contributed by atoms with Gasteiger partial charge in [0.15, 0.2) is 0 Å². The van der Waals surface area contributed by atoms with E-state index in [9.17, 15) is 9.59 Å². The lowest BCUT2D eigenvalue weighted by Crippen LogP contribution is -2.35. The minimum atomic E-state index is -0.510. The van der Waals surface area contributed by atoms with Gasteiger partial charge in [-0.15, -0.1) is 0 Å². The molecule has 0 aromatic carbocycles. The van der Waals surface area contributed by atoms with E-state index in [0.29, 0.717) is 6.54 Å². The molecule has 0 aliphatic heterocycles. The number of halogens is 1. The summed E-state index contributed by atoms with van der Waals surface area (Å²) >= 11 is 5.54. The third-order valence-corrected chi connectivity index (χ3v) is 2.30. The molecular weight excluding hydrogens is 232 g/mol. The van der Waals surface area contributed by atoms with Gasteiger partial charge in [-0.2, -0.15) is 5.10 Å². The molecule has 0 unspecified atom stereocenters. The molecule has 0 spiro atoms. The third kappa shape index (κ3) is 2.22. The Balaban J connectivity index is 2.22. The minimum absolute atomic E-state index is 0.0466. The van der Waals surface area contributed by atoms with Crippen molar-refractivity contribution in [1.82, 2.24) is 19.3 Å². The van der Waals surface area contributed by atoms with Gasteiger partial charge in [-0.05, 0) is 6.07 Å². The van der Waals surface area contributed by atoms with E-state index < -0.39 is 11.2 Å². The molecule has 0 amide bonds. The van der Waals surface area contributed by atoms with Crippen molar-refractivity contribution in [1.29, 1.82) is 0 Å². The van der Waals surface area contributed by atoms with Crippen LogP contribution in [0.4, 0.5) is 0 Å². The summed E-state index contributed by atoms with van der Waals surface area (Å²) in [6.45, 7) is 0.713. The topological polar surface area (TPSA) is 72.7 Å². The van der Waals surface area contributed by atoms with Crippen LogP contribution in [0.1, 0.15) is 0 Å². The average molecular weight is 241 g/mol. The molecule has 0 aliphatic carbocycles. The molecule has 6 nitrogen and oxygen atoms in total. The van der Waals surface area contributed by atoms with Crippen LogP contribution in [0, 0.1) is 0 Å². The van der Waals surface area contributed by atoms with E-state index in [1.807, 2.05) is 0 Å². The van der Waals surface area contributed by atoms with Crippen LogP contribution in [-0.4, -0.2) is 19.3 Å². The molecule has 1 N–H and O–H groups in total. The maximum absolute atomic E-state index is 11.4. The van der Waals surface area contributed by atoms with Crippen LogP contribution in [0.2, 0.25) is 5.15 Å². The second kappa shape index (κ2) is 4.36. The molecule has 0 saturated carbocycles. The zero-order chi connectivity index (χ0) is 11.5. The third-order valence-electron chi connectivity index (χ3n) is 2.10. The van der Waals surface area contributed by atoms with Crippen LogP contribution in [-0.2, 0) is 13.1 Å². The van der Waals surface area contributed by atoms with Crippen LogP contribution in [0.25, 0.3) is 0 Å². The molecule has 2 aromatic heterocycles. The van der Waals surface area contributed by atoms with Gasteiger partial charge in [-0.1, -0.05) is 11.6 Å². The highest BCUT2D eigenvalue weighted by Crippen LogP contribution is 1.94. The Bertz CT molecular complexity index is 553. The second-order valence-electron chi connectivity index (χ2n) is 3.18. The van der Waals surface area contributed by atoms with E-state index in [4.69, 9.17) is 11.6 Å². The molecular formula is C9H9ClN4O2. The number of aryl methyl sites for hydroxylation is 1. The van der Waals surface area contributed by atoms with Crippen LogP contribution in [0.5, 0.6) is 0 Å². The van der Waals surface area contributed by atoms with Crippen LogP contribution in [0.3, 0.4) is 0 Å². The van der Waals surface area contributed by atoms with E-state index >= 15 is 0 Å². The molecule has 16 heavy (non-hydrogen) atoms. The Labute approximate surface area is 95.1 Å². The van der Waals surface area contributed by atoms with Crippen molar-refractivity contribution in [2.75, 3.05) is 0 Å². The number of rotatable bonds is 3. The standard InChI is InChI=1S/C9H9ClN4O2/c10-7-6-8(15)14(9(16)12-7)5-4-13-3-1-2-11-13/h1-3,6H,4-5H2,(H,12,16). The molecule has 7 heteroatoms. The summed E-state index contributed by atoms with van der Waals surface area (Å²) in [5.41, 5.74) is -0.925. The smallest absolute Gasteiger partial charge is 0.298 e. The van der Waals surface area contributed by atoms with Gasteiger partial charge in [0.05, 0.1) is 13.1 Å². The van der Waals surface area contributed by atoms with Crippen molar-refractivity contribution in [2.45, 2.75) is 13.1 Å². The summed E-state index contributed by atoms with van der Waals surface area (Å²) in [5.74, 6) is 0. The van der Waals surface area contributed by atoms with Crippen LogP contribution in [0.15, 0.2) is 34.1 Å². The minimum Gasteiger partial charge on any atom is -0.298 e. The quantitative estimate of drug-likeness (QED) is 0.773. The summed E-state index contributed by atoms with van der Waals surface area (Å²) in [6.07, 6.45) is 3.39. The number of aromatic nitrogens is 4. The van der Waals surface area contributed by atoms with Gasteiger partial charge < -0.3 is 0 Å². The van der Waals surface area contributed by atoms with Crippen LogP contribution >= 0.6 is 11.6 Å². The zero-order valence-electron chi connectivity index (χ0n) is 8.26. The van der Waals surface area contributed by atoms with Crippen molar-refractivity contribution in [3.05, 3.63) is 50.5 Å². The number of hydrogen-bond donors (Lipinski definition) is 1. The van der Waals surface area contributed by atoms with Gasteiger partial charge in [-0.3, -0.25) is 19.0 Å². The van der Waals surface area contributed by atoms with E-state index in [1.165, 1.54) is 6.07 Å². The summed E-state index contributed by atoms with van der Waals surface area (Å²) in [4.78, 5) is 25.2. The molecule has 2 aromatic rings. The fraction of sp³-hybridized carbons (Fsp3) is 0.222. The molecule has 2 rings (SSSR count). The SMILES string of the molecule is O=c1cc(Cl)[nH]c(=O)n1CCn1cccn1. The van der Waals surface area contributed by atoms with Gasteiger partial charge in [0.1, 0.15) is 5.15 Å². The van der Waals surface area contributed by atoms with Crippen molar-refractivity contribution >= 4 is 11.6 Å². The van der Waals surface area contributed by atoms with E-state index in [-0.39, 0.29) is 11.7 Å². The highest BCUT2D eigenvalue weighted by molar-refractivity contribution is 6.29. The monoisotopic (exact) mass is 240 g/mol. The van der Waals surface area contributed by atoms with Gasteiger partial charge >= 0.3 is 5.69 Å². The molecule has 2 heterocycles. The first kappa shape index (κ1) is 10.7. The van der Waals surface area contributed by atoms with E-state index in [2.05, 4.69) is 10.1 Å². The highest BCUT2D eigenvalue weighted by Gasteiger charge is 2.02. The largest absolute Gasteiger partial charge is 0.329 e. The molecule has 0 aliphatic rings. The summed E-state index contributed by atoms with van der Waals surface area (Å²) < 4.78 is 2.72. The first-order chi connectivity index (χ1) is 7.66. The summed E-state index contributed by atoms with van der Waals surface area (Å²) in [5, 5.41) is 4.02. The van der Waals surface area contributed by atoms with Crippen molar-refractivity contribution in [3.63, 3.8) is 0 Å². The second-order valence-corrected chi connectivity index (χ2v) is 3.59. The molecule has 0 atom stereocenters. The number of aromatic amines is 1. The molecule has 0 fully saturated rings. The molecule has 84 valence electrons. The fourth-order valence-corrected chi connectivity index (χ4v) is 1.51. The van der Waals surface area contributed by atoms with Gasteiger partial charge in [-0.25, -0.2) is 4.79 Å². The lowest BCUT2D eigenvalue weighted by Gasteiger charge is -2.04. The maximum atomic E-state index is 11.4. The fourth-order valence-electron chi connectivity index (χ4n) is 1.34. The Morgan fingerprint density at radius 3 is 2.81 bits per heavy atom. The normalized spacial score (nSPS) is 10.6. The zero-order valence-corrected chi connectivity index (χ0v) is 9.02. The predicted molar refractivity (Wildman–Crippen MR) is 58.6 cm³/mol. The van der Waals surface area contributed by atoms with Gasteiger partial charge in [0.25, 0.3) is 5.56 Å². The Hall–Kier alpha value is -1.82. The van der Waals surface area contributed by atoms with Crippen LogP contribution < -0.4 is 11.2 Å². The Morgan fingerprint density at radius 1 is 1.38 bits per heavy atom. The van der Waals surface area contributed by atoms with Crippen molar-refractivity contribution in [3.8, 4) is 0 Å². The Kier molecular flexibility index (Phi) is 2.91. The maximum Gasteiger partial charge on any atom is 0.329 e. The summed E-state index contributed by atoms with van der Waals surface area (Å²) in [7, 11) is 0. The molecule has 0 saturated heterocycles. The molecule has 0 bridgehead atoms. The number of nitrogens with zero attached hydrogens (tertiary/aromatic N) is 3. The number of nitrogens with one attached hydrogen (secondary N) is 1. The lowest BCUT2D eigenvalue weighted by molar-refractivity contribution is 0.508. The summed E-state index contributed by atoms with van der Waals surface area (Å²) in [6, 6.07) is 2.95. The van der Waals surface area contributed by atoms with Crippen molar-refractivity contribution < 1.29 is 0 Å². The molecule has 0 radical (unpaired) electrons. The van der Waals surface area contributed by atoms with E-state index in [0.717, 1.165) is 4.57 Å². The predicted octanol–water partition coefficient (Wildman–Crippen LogP) is 0.0867. The highest BCUT2D eigenvalue weighted by atomic mass is 35.5. The average Bonchev–Trinajstić information content (AvgIpc) is 2.68. The van der Waals surface area contributed by atoms with E-state index in [1.54, 1.807) is 23.1 Å². The number of hydrogen-bond acceptors (Lipinski definition) is 3. The Morgan fingerprint density at radius 2 is 2.19 bits per heavy atom. The first-order valence-corrected chi connectivity index (χ1v) is 5.02. The lowest BCUT2D eigenvalue weighted by atomic mass is 10.5. The van der Waals surface area contributed by atoms with Crippen molar-refractivity contribution in [2.24, 2.45) is 0 Å².